The van der Waals surface area contributed by atoms with Gasteiger partial charge in [-0.25, -0.2) is 0 Å². The Morgan fingerprint density at radius 1 is 1.00 bits per heavy atom. The van der Waals surface area contributed by atoms with Crippen molar-refractivity contribution in [2.75, 3.05) is 31.1 Å². The molecule has 21 heavy (non-hydrogen) atoms. The highest BCUT2D eigenvalue weighted by molar-refractivity contribution is 5.59. The van der Waals surface area contributed by atoms with Crippen LogP contribution in [0.4, 0.5) is 5.69 Å². The summed E-state index contributed by atoms with van der Waals surface area (Å²) in [5.74, 6) is 0. The van der Waals surface area contributed by atoms with Crippen LogP contribution in [0, 0.1) is 0 Å². The second-order valence-corrected chi connectivity index (χ2v) is 7.08. The number of benzene rings is 1. The van der Waals surface area contributed by atoms with E-state index >= 15 is 0 Å². The molecule has 0 aromatic heterocycles. The summed E-state index contributed by atoms with van der Waals surface area (Å²) in [5.41, 5.74) is 9.45. The van der Waals surface area contributed by atoms with Gasteiger partial charge in [0.1, 0.15) is 0 Å². The van der Waals surface area contributed by atoms with E-state index in [0.717, 1.165) is 26.2 Å². The van der Waals surface area contributed by atoms with E-state index in [0.29, 0.717) is 6.04 Å². The van der Waals surface area contributed by atoms with Crippen molar-refractivity contribution < 1.29 is 0 Å². The molecule has 1 unspecified atom stereocenters. The molecule has 1 aliphatic heterocycles. The predicted octanol–water partition coefficient (Wildman–Crippen LogP) is 2.60. The molecule has 0 amide bonds. The zero-order chi connectivity index (χ0) is 15.0. The third kappa shape index (κ3) is 2.69. The lowest BCUT2D eigenvalue weighted by Gasteiger charge is -2.40. The van der Waals surface area contributed by atoms with Crippen molar-refractivity contribution in [2.45, 2.75) is 51.1 Å². The summed E-state index contributed by atoms with van der Waals surface area (Å²) >= 11 is 0. The minimum Gasteiger partial charge on any atom is -0.369 e. The Morgan fingerprint density at radius 2 is 1.62 bits per heavy atom. The molecule has 0 bridgehead atoms. The first-order chi connectivity index (χ1) is 10.0. The first-order valence-corrected chi connectivity index (χ1v) is 8.39. The Kier molecular flexibility index (Phi) is 3.98. The summed E-state index contributed by atoms with van der Waals surface area (Å²) < 4.78 is 0. The minimum atomic E-state index is 0.242. The molecule has 0 spiro atoms. The predicted molar refractivity (Wildman–Crippen MR) is 89.9 cm³/mol. The molecule has 116 valence electrons. The Labute approximate surface area is 129 Å². The number of anilines is 1. The second-order valence-electron chi connectivity index (χ2n) is 7.08. The summed E-state index contributed by atoms with van der Waals surface area (Å²) in [6, 6.07) is 9.84. The molecular weight excluding hydrogens is 258 g/mol. The zero-order valence-electron chi connectivity index (χ0n) is 13.7. The van der Waals surface area contributed by atoms with Crippen LogP contribution >= 0.6 is 0 Å². The van der Waals surface area contributed by atoms with E-state index in [2.05, 4.69) is 54.8 Å². The molecule has 1 aromatic carbocycles. The fourth-order valence-electron chi connectivity index (χ4n) is 3.75. The Morgan fingerprint density at radius 3 is 2.14 bits per heavy atom. The number of rotatable bonds is 4. The molecule has 3 heteroatoms. The van der Waals surface area contributed by atoms with Gasteiger partial charge in [-0.2, -0.15) is 0 Å². The molecule has 1 saturated heterocycles. The van der Waals surface area contributed by atoms with Gasteiger partial charge in [0.25, 0.3) is 0 Å². The van der Waals surface area contributed by atoms with E-state index in [1.54, 1.807) is 0 Å². The standard InChI is InChI=1S/C18H29N3/c1-14(2)20-10-12-21(13-11-20)17-7-5-4-6-16(17)18(8-9-18)15(3)19/h4-7,14-15H,8-13,19H2,1-3H3. The Balaban J connectivity index is 1.81. The second kappa shape index (κ2) is 5.62. The third-order valence-electron chi connectivity index (χ3n) is 5.49. The van der Waals surface area contributed by atoms with Gasteiger partial charge in [-0.15, -0.1) is 0 Å². The van der Waals surface area contributed by atoms with Crippen molar-refractivity contribution in [3.8, 4) is 0 Å². The molecule has 1 atom stereocenters. The molecule has 1 aliphatic carbocycles. The highest BCUT2D eigenvalue weighted by Crippen LogP contribution is 2.53. The number of hydrogen-bond donors (Lipinski definition) is 1. The summed E-state index contributed by atoms with van der Waals surface area (Å²) in [4.78, 5) is 5.13. The first-order valence-electron chi connectivity index (χ1n) is 8.39. The number of piperazine rings is 1. The van der Waals surface area contributed by atoms with Crippen LogP contribution in [0.5, 0.6) is 0 Å². The monoisotopic (exact) mass is 287 g/mol. The lowest BCUT2D eigenvalue weighted by molar-refractivity contribution is 0.209. The molecular formula is C18H29N3. The number of nitrogens with two attached hydrogens (primary N) is 1. The maximum Gasteiger partial charge on any atom is 0.0405 e. The summed E-state index contributed by atoms with van der Waals surface area (Å²) in [5, 5.41) is 0. The van der Waals surface area contributed by atoms with Crippen molar-refractivity contribution in [3.63, 3.8) is 0 Å². The molecule has 2 N–H and O–H groups in total. The Hall–Kier alpha value is -1.06. The van der Waals surface area contributed by atoms with E-state index in [-0.39, 0.29) is 11.5 Å². The fraction of sp³-hybridized carbons (Fsp3) is 0.667. The third-order valence-corrected chi connectivity index (χ3v) is 5.49. The smallest absolute Gasteiger partial charge is 0.0405 e. The van der Waals surface area contributed by atoms with Crippen molar-refractivity contribution >= 4 is 5.69 Å². The molecule has 1 saturated carbocycles. The molecule has 1 aromatic rings. The largest absolute Gasteiger partial charge is 0.369 e. The van der Waals surface area contributed by atoms with E-state index in [4.69, 9.17) is 5.73 Å². The van der Waals surface area contributed by atoms with Crippen LogP contribution in [-0.4, -0.2) is 43.2 Å². The van der Waals surface area contributed by atoms with Crippen molar-refractivity contribution in [2.24, 2.45) is 5.73 Å². The first kappa shape index (κ1) is 14.9. The lowest BCUT2D eigenvalue weighted by atomic mass is 9.87. The van der Waals surface area contributed by atoms with Crippen LogP contribution in [0.25, 0.3) is 0 Å². The lowest BCUT2D eigenvalue weighted by Crippen LogP contribution is -2.49. The summed E-state index contributed by atoms with van der Waals surface area (Å²) in [6.45, 7) is 11.3. The number of para-hydroxylation sites is 1. The van der Waals surface area contributed by atoms with E-state index in [1.165, 1.54) is 24.1 Å². The average Bonchev–Trinajstić information content (AvgIpc) is 3.29. The van der Waals surface area contributed by atoms with Gasteiger partial charge in [0.2, 0.25) is 0 Å². The average molecular weight is 287 g/mol. The van der Waals surface area contributed by atoms with E-state index < -0.39 is 0 Å². The van der Waals surface area contributed by atoms with Crippen LogP contribution in [0.15, 0.2) is 24.3 Å². The van der Waals surface area contributed by atoms with Gasteiger partial charge in [0, 0.05) is 49.4 Å². The normalized spacial score (nSPS) is 23.4. The molecule has 1 heterocycles. The number of nitrogens with zero attached hydrogens (tertiary/aromatic N) is 2. The van der Waals surface area contributed by atoms with Gasteiger partial charge < -0.3 is 10.6 Å². The van der Waals surface area contributed by atoms with Gasteiger partial charge in [-0.3, -0.25) is 4.90 Å². The quantitative estimate of drug-likeness (QED) is 0.924. The van der Waals surface area contributed by atoms with Crippen molar-refractivity contribution in [1.82, 2.24) is 4.90 Å². The Bertz CT molecular complexity index is 483. The zero-order valence-corrected chi connectivity index (χ0v) is 13.7. The van der Waals surface area contributed by atoms with E-state index in [9.17, 15) is 0 Å². The minimum absolute atomic E-state index is 0.242. The SMILES string of the molecule is CC(C)N1CCN(c2ccccc2C2(C(C)N)CC2)CC1. The summed E-state index contributed by atoms with van der Waals surface area (Å²) in [7, 11) is 0. The maximum atomic E-state index is 6.30. The van der Waals surface area contributed by atoms with Crippen LogP contribution in [-0.2, 0) is 5.41 Å². The van der Waals surface area contributed by atoms with Gasteiger partial charge >= 0.3 is 0 Å². The van der Waals surface area contributed by atoms with Gasteiger partial charge in [-0.05, 0) is 45.2 Å². The van der Waals surface area contributed by atoms with E-state index in [1.807, 2.05) is 0 Å². The molecule has 3 nitrogen and oxygen atoms in total. The van der Waals surface area contributed by atoms with Crippen LogP contribution in [0.2, 0.25) is 0 Å². The van der Waals surface area contributed by atoms with Crippen molar-refractivity contribution in [1.29, 1.82) is 0 Å². The maximum absolute atomic E-state index is 6.30. The van der Waals surface area contributed by atoms with Gasteiger partial charge in [-0.1, -0.05) is 18.2 Å². The number of hydrogen-bond acceptors (Lipinski definition) is 3. The van der Waals surface area contributed by atoms with Gasteiger partial charge in [0.05, 0.1) is 0 Å². The van der Waals surface area contributed by atoms with Crippen LogP contribution in [0.1, 0.15) is 39.2 Å². The van der Waals surface area contributed by atoms with Crippen LogP contribution < -0.4 is 10.6 Å². The molecule has 2 fully saturated rings. The molecule has 0 radical (unpaired) electrons. The van der Waals surface area contributed by atoms with Crippen molar-refractivity contribution in [3.05, 3.63) is 29.8 Å². The highest BCUT2D eigenvalue weighted by atomic mass is 15.3. The van der Waals surface area contributed by atoms with Crippen LogP contribution in [0.3, 0.4) is 0 Å². The molecule has 2 aliphatic rings. The molecule has 3 rings (SSSR count). The van der Waals surface area contributed by atoms with Gasteiger partial charge in [0.15, 0.2) is 0 Å². The topological polar surface area (TPSA) is 32.5 Å². The fourth-order valence-corrected chi connectivity index (χ4v) is 3.75. The summed E-state index contributed by atoms with van der Waals surface area (Å²) in [6.07, 6.45) is 2.49. The highest BCUT2D eigenvalue weighted by Gasteiger charge is 2.49.